The van der Waals surface area contributed by atoms with Crippen molar-refractivity contribution in [3.8, 4) is 17.2 Å². The van der Waals surface area contributed by atoms with E-state index in [1.165, 1.54) is 6.08 Å². The molecule has 1 unspecified atom stereocenters. The number of nitrogens with zero attached hydrogens (tertiary/aromatic N) is 1. The predicted molar refractivity (Wildman–Crippen MR) is 169 cm³/mol. The number of fused-ring (bicyclic) bond motifs is 1. The maximum absolute atomic E-state index is 13.8. The molecule has 2 aromatic rings. The Morgan fingerprint density at radius 1 is 0.939 bits per heavy atom. The number of allylic oxidation sites excluding steroid dienone is 1. The zero-order chi connectivity index (χ0) is 36.0. The molecular formula is C35H42F6N2O6. The van der Waals surface area contributed by atoms with Crippen LogP contribution in [0, 0.1) is 0 Å². The van der Waals surface area contributed by atoms with Crippen molar-refractivity contribution in [1.82, 2.24) is 10.2 Å². The molecule has 2 aromatic carbocycles. The third kappa shape index (κ3) is 7.94. The number of aryl methyl sites for hydroxylation is 1. The molecule has 1 fully saturated rings. The molecule has 2 aliphatic rings. The van der Waals surface area contributed by atoms with Gasteiger partial charge >= 0.3 is 18.4 Å². The standard InChI is InChI=1S/C35H42F6N2O6/c1-4-6-7-8-9-10-14-24-20-26(33(46,34(36,37)38)35(39,40)41)19-23(13-5-2)29(24)47-18-12-11-17-43-30(44)32(3,42-31(43)45)25-15-16-27-28(21-25)49-22-48-27/h10,14-16,19-21,46H,4-9,11-13,17-18,22H2,1-3H3,(H,42,45)/b14-10+. The van der Waals surface area contributed by atoms with Crippen LogP contribution in [-0.4, -0.2) is 54.2 Å². The summed E-state index contributed by atoms with van der Waals surface area (Å²) in [6.07, 6.45) is -3.64. The minimum atomic E-state index is -6.03. The number of hydrogen-bond acceptors (Lipinski definition) is 6. The lowest BCUT2D eigenvalue weighted by atomic mass is 9.87. The number of ether oxygens (including phenoxy) is 3. The first-order chi connectivity index (χ1) is 23.1. The molecule has 14 heteroatoms. The van der Waals surface area contributed by atoms with Crippen LogP contribution in [0.4, 0.5) is 31.1 Å². The van der Waals surface area contributed by atoms with E-state index >= 15 is 0 Å². The molecule has 49 heavy (non-hydrogen) atoms. The van der Waals surface area contributed by atoms with Gasteiger partial charge in [-0.05, 0) is 74.4 Å². The molecule has 1 atom stereocenters. The summed E-state index contributed by atoms with van der Waals surface area (Å²) in [7, 11) is 0. The number of benzene rings is 2. The van der Waals surface area contributed by atoms with Crippen molar-refractivity contribution in [2.24, 2.45) is 0 Å². The Bertz CT molecular complexity index is 1510. The zero-order valence-corrected chi connectivity index (χ0v) is 27.7. The fraction of sp³-hybridized carbons (Fsp3) is 0.543. The van der Waals surface area contributed by atoms with Crippen molar-refractivity contribution in [3.05, 3.63) is 58.7 Å². The van der Waals surface area contributed by atoms with E-state index in [2.05, 4.69) is 5.32 Å². The Kier molecular flexibility index (Phi) is 11.8. The highest BCUT2D eigenvalue weighted by Gasteiger charge is 2.71. The molecule has 4 rings (SSSR count). The molecule has 0 saturated carbocycles. The van der Waals surface area contributed by atoms with Crippen molar-refractivity contribution in [3.63, 3.8) is 0 Å². The van der Waals surface area contributed by atoms with Crippen LogP contribution in [0.5, 0.6) is 17.2 Å². The van der Waals surface area contributed by atoms with Crippen LogP contribution in [0.2, 0.25) is 0 Å². The highest BCUT2D eigenvalue weighted by molar-refractivity contribution is 6.07. The Balaban J connectivity index is 1.50. The maximum Gasteiger partial charge on any atom is 0.430 e. The van der Waals surface area contributed by atoms with E-state index in [-0.39, 0.29) is 43.2 Å². The molecule has 0 radical (unpaired) electrons. The summed E-state index contributed by atoms with van der Waals surface area (Å²) in [6, 6.07) is 5.78. The lowest BCUT2D eigenvalue weighted by molar-refractivity contribution is -0.376. The number of alkyl halides is 6. The SMILES string of the molecule is CCCCCC/C=C/c1cc(C(O)(C(F)(F)F)C(F)(F)F)cc(CCC)c1OCCCCN1C(=O)NC(C)(c2ccc3c(c2)OCO3)C1=O. The van der Waals surface area contributed by atoms with Gasteiger partial charge in [0.05, 0.1) is 6.61 Å². The van der Waals surface area contributed by atoms with Crippen molar-refractivity contribution in [2.75, 3.05) is 19.9 Å². The average molecular weight is 701 g/mol. The highest BCUT2D eigenvalue weighted by atomic mass is 19.4. The largest absolute Gasteiger partial charge is 0.493 e. The van der Waals surface area contributed by atoms with E-state index in [0.29, 0.717) is 54.9 Å². The maximum atomic E-state index is 13.8. The Morgan fingerprint density at radius 2 is 1.65 bits per heavy atom. The summed E-state index contributed by atoms with van der Waals surface area (Å²) in [4.78, 5) is 27.3. The van der Waals surface area contributed by atoms with Crippen LogP contribution < -0.4 is 19.5 Å². The minimum Gasteiger partial charge on any atom is -0.493 e. The first-order valence-electron chi connectivity index (χ1n) is 16.4. The van der Waals surface area contributed by atoms with Crippen LogP contribution in [0.3, 0.4) is 0 Å². The number of aliphatic hydroxyl groups is 1. The number of urea groups is 1. The second-order valence-corrected chi connectivity index (χ2v) is 12.4. The molecule has 1 saturated heterocycles. The predicted octanol–water partition coefficient (Wildman–Crippen LogP) is 8.29. The summed E-state index contributed by atoms with van der Waals surface area (Å²) in [5, 5.41) is 12.9. The van der Waals surface area contributed by atoms with Gasteiger partial charge in [-0.15, -0.1) is 0 Å². The van der Waals surface area contributed by atoms with Crippen molar-refractivity contribution in [1.29, 1.82) is 0 Å². The summed E-state index contributed by atoms with van der Waals surface area (Å²) in [5.74, 6) is 0.637. The molecule has 0 aromatic heterocycles. The lowest BCUT2D eigenvalue weighted by Gasteiger charge is -2.33. The number of rotatable bonds is 16. The van der Waals surface area contributed by atoms with E-state index in [9.17, 15) is 41.0 Å². The van der Waals surface area contributed by atoms with Crippen LogP contribution in [-0.2, 0) is 22.4 Å². The monoisotopic (exact) mass is 700 g/mol. The van der Waals surface area contributed by atoms with E-state index in [0.717, 1.165) is 30.6 Å². The summed E-state index contributed by atoms with van der Waals surface area (Å²) < 4.78 is 99.8. The van der Waals surface area contributed by atoms with E-state index in [1.54, 1.807) is 38.1 Å². The number of carbonyl (C=O) groups excluding carboxylic acids is 2. The smallest absolute Gasteiger partial charge is 0.430 e. The number of halogens is 6. The first kappa shape index (κ1) is 37.9. The molecule has 2 aliphatic heterocycles. The fourth-order valence-corrected chi connectivity index (χ4v) is 5.91. The van der Waals surface area contributed by atoms with Gasteiger partial charge in [0.25, 0.3) is 11.5 Å². The van der Waals surface area contributed by atoms with Gasteiger partial charge in [0, 0.05) is 17.7 Å². The summed E-state index contributed by atoms with van der Waals surface area (Å²) in [6.45, 7) is 5.44. The van der Waals surface area contributed by atoms with Crippen LogP contribution in [0.15, 0.2) is 36.4 Å². The van der Waals surface area contributed by atoms with E-state index in [4.69, 9.17) is 14.2 Å². The number of imide groups is 1. The van der Waals surface area contributed by atoms with Crippen molar-refractivity contribution in [2.45, 2.75) is 102 Å². The minimum absolute atomic E-state index is 0.000706. The van der Waals surface area contributed by atoms with Gasteiger partial charge in [-0.3, -0.25) is 9.69 Å². The zero-order valence-electron chi connectivity index (χ0n) is 27.7. The molecule has 2 N–H and O–H groups in total. The van der Waals surface area contributed by atoms with Gasteiger partial charge in [0.1, 0.15) is 11.3 Å². The average Bonchev–Trinajstić information content (AvgIpc) is 3.59. The number of amides is 3. The van der Waals surface area contributed by atoms with Gasteiger partial charge in [0.15, 0.2) is 11.5 Å². The molecule has 0 bridgehead atoms. The number of hydrogen-bond donors (Lipinski definition) is 2. The summed E-state index contributed by atoms with van der Waals surface area (Å²) in [5.41, 5.74) is -7.16. The molecule has 3 amide bonds. The number of carbonyl (C=O) groups is 2. The Labute approximate surface area is 281 Å². The van der Waals surface area contributed by atoms with Crippen LogP contribution >= 0.6 is 0 Å². The Hall–Kier alpha value is -3.94. The molecule has 8 nitrogen and oxygen atoms in total. The van der Waals surface area contributed by atoms with Gasteiger partial charge < -0.3 is 24.6 Å². The van der Waals surface area contributed by atoms with Gasteiger partial charge in [-0.1, -0.05) is 57.7 Å². The van der Waals surface area contributed by atoms with Gasteiger partial charge in [-0.2, -0.15) is 26.3 Å². The summed E-state index contributed by atoms with van der Waals surface area (Å²) >= 11 is 0. The normalized spacial score (nSPS) is 18.1. The second-order valence-electron chi connectivity index (χ2n) is 12.4. The van der Waals surface area contributed by atoms with Crippen molar-refractivity contribution < 1.29 is 55.2 Å². The molecule has 270 valence electrons. The van der Waals surface area contributed by atoms with Crippen molar-refractivity contribution >= 4 is 18.0 Å². The Morgan fingerprint density at radius 3 is 2.33 bits per heavy atom. The molecule has 0 aliphatic carbocycles. The quantitative estimate of drug-likeness (QED) is 0.104. The van der Waals surface area contributed by atoms with Crippen LogP contribution in [0.25, 0.3) is 6.08 Å². The third-order valence-electron chi connectivity index (χ3n) is 8.72. The lowest BCUT2D eigenvalue weighted by Crippen LogP contribution is -2.54. The second kappa shape index (κ2) is 15.3. The first-order valence-corrected chi connectivity index (χ1v) is 16.4. The topological polar surface area (TPSA) is 97.3 Å². The fourth-order valence-electron chi connectivity index (χ4n) is 5.91. The van der Waals surface area contributed by atoms with Gasteiger partial charge in [-0.25, -0.2) is 4.79 Å². The molecule has 0 spiro atoms. The highest BCUT2D eigenvalue weighted by Crippen LogP contribution is 2.51. The van der Waals surface area contributed by atoms with Crippen LogP contribution in [0.1, 0.15) is 94.4 Å². The van der Waals surface area contributed by atoms with E-state index < -0.39 is 41.0 Å². The molecule has 2 heterocycles. The van der Waals surface area contributed by atoms with Gasteiger partial charge in [0.2, 0.25) is 6.79 Å². The number of nitrogens with one attached hydrogen (secondary N) is 1. The third-order valence-corrected chi connectivity index (χ3v) is 8.72. The number of unbranched alkanes of at least 4 members (excludes halogenated alkanes) is 5. The molecular weight excluding hydrogens is 658 g/mol. The van der Waals surface area contributed by atoms with E-state index in [1.807, 2.05) is 6.92 Å².